The molecule has 27 heavy (non-hydrogen) atoms. The number of hydrogen-bond donors (Lipinski definition) is 2. The Bertz CT molecular complexity index is 720. The maximum absolute atomic E-state index is 12.6. The number of aliphatic hydroxyl groups is 1. The molecule has 2 aromatic rings. The average molecular weight is 387 g/mol. The summed E-state index contributed by atoms with van der Waals surface area (Å²) in [5.74, 6) is 0.00649. The van der Waals surface area contributed by atoms with Crippen molar-refractivity contribution >= 4 is 17.2 Å². The molecule has 3 rings (SSSR count). The fourth-order valence-corrected chi connectivity index (χ4v) is 4.23. The number of nitrogens with one attached hydrogen (secondary N) is 1. The number of amides is 1. The molecule has 0 saturated carbocycles. The van der Waals surface area contributed by atoms with Crippen LogP contribution < -0.4 is 5.32 Å². The van der Waals surface area contributed by atoms with Gasteiger partial charge in [0.1, 0.15) is 0 Å². The highest BCUT2D eigenvalue weighted by molar-refractivity contribution is 7.09. The summed E-state index contributed by atoms with van der Waals surface area (Å²) < 4.78 is 0. The van der Waals surface area contributed by atoms with Gasteiger partial charge < -0.3 is 10.4 Å². The molecule has 1 saturated heterocycles. The average Bonchev–Trinajstić information content (AvgIpc) is 3.13. The number of likely N-dealkylation sites (tertiary alicyclic amines) is 1. The second kappa shape index (κ2) is 9.00. The molecule has 0 radical (unpaired) electrons. The Morgan fingerprint density at radius 2 is 2.07 bits per heavy atom. The molecule has 4 nitrogen and oxygen atoms in total. The van der Waals surface area contributed by atoms with E-state index < -0.39 is 5.60 Å². The van der Waals surface area contributed by atoms with Crippen molar-refractivity contribution in [3.05, 3.63) is 57.8 Å². The van der Waals surface area contributed by atoms with Gasteiger partial charge in [-0.05, 0) is 75.2 Å². The Morgan fingerprint density at radius 1 is 1.30 bits per heavy atom. The second-order valence-corrected chi connectivity index (χ2v) is 9.17. The van der Waals surface area contributed by atoms with E-state index >= 15 is 0 Å². The van der Waals surface area contributed by atoms with Crippen molar-refractivity contribution in [1.82, 2.24) is 10.2 Å². The molecule has 1 aromatic carbocycles. The van der Waals surface area contributed by atoms with Crippen LogP contribution in [0.25, 0.3) is 0 Å². The van der Waals surface area contributed by atoms with Crippen LogP contribution in [-0.4, -0.2) is 40.6 Å². The van der Waals surface area contributed by atoms with Gasteiger partial charge in [0.2, 0.25) is 0 Å². The predicted octanol–water partition coefficient (Wildman–Crippen LogP) is 3.85. The predicted molar refractivity (Wildman–Crippen MR) is 111 cm³/mol. The standard InChI is InChI=1S/C22H30N2O2S/c1-22(2,26)12-11-17-7-9-18(10-8-17)21(25)23-19-5-3-13-24(15-19)16-20-6-4-14-27-20/h4,6-10,14,19,26H,3,5,11-13,15-16H2,1-2H3,(H,23,25)/t19-/m1/s1. The number of carbonyl (C=O) groups is 1. The summed E-state index contributed by atoms with van der Waals surface area (Å²) >= 11 is 1.79. The van der Waals surface area contributed by atoms with E-state index in [1.54, 1.807) is 11.3 Å². The van der Waals surface area contributed by atoms with Gasteiger partial charge in [-0.2, -0.15) is 0 Å². The number of thiophene rings is 1. The summed E-state index contributed by atoms with van der Waals surface area (Å²) in [6.45, 7) is 6.62. The quantitative estimate of drug-likeness (QED) is 0.760. The van der Waals surface area contributed by atoms with Gasteiger partial charge in [-0.25, -0.2) is 0 Å². The van der Waals surface area contributed by atoms with Crippen molar-refractivity contribution in [2.75, 3.05) is 13.1 Å². The molecular formula is C22H30N2O2S. The SMILES string of the molecule is CC(C)(O)CCc1ccc(C(=O)N[C@@H]2CCCN(Cc3cccs3)C2)cc1. The number of rotatable bonds is 7. The summed E-state index contributed by atoms with van der Waals surface area (Å²) in [6, 6.07) is 12.2. The summed E-state index contributed by atoms with van der Waals surface area (Å²) in [6.07, 6.45) is 3.68. The van der Waals surface area contributed by atoms with E-state index in [1.807, 2.05) is 38.1 Å². The Labute approximate surface area is 166 Å². The van der Waals surface area contributed by atoms with Crippen molar-refractivity contribution < 1.29 is 9.90 Å². The van der Waals surface area contributed by atoms with Gasteiger partial charge in [-0.1, -0.05) is 18.2 Å². The van der Waals surface area contributed by atoms with Crippen molar-refractivity contribution in [2.45, 2.75) is 57.7 Å². The van der Waals surface area contributed by atoms with Crippen LogP contribution in [0.5, 0.6) is 0 Å². The van der Waals surface area contributed by atoms with Crippen LogP contribution in [-0.2, 0) is 13.0 Å². The molecular weight excluding hydrogens is 356 g/mol. The number of carbonyl (C=O) groups excluding carboxylic acids is 1. The zero-order valence-corrected chi connectivity index (χ0v) is 17.1. The van der Waals surface area contributed by atoms with Gasteiger partial charge in [0.15, 0.2) is 0 Å². The van der Waals surface area contributed by atoms with E-state index in [9.17, 15) is 9.90 Å². The van der Waals surface area contributed by atoms with Crippen molar-refractivity contribution in [1.29, 1.82) is 0 Å². The lowest BCUT2D eigenvalue weighted by Crippen LogP contribution is -2.47. The smallest absolute Gasteiger partial charge is 0.251 e. The Morgan fingerprint density at radius 3 is 2.74 bits per heavy atom. The molecule has 2 heterocycles. The molecule has 1 amide bonds. The first kappa shape index (κ1) is 20.1. The maximum Gasteiger partial charge on any atom is 0.251 e. The third-order valence-electron chi connectivity index (χ3n) is 5.04. The zero-order chi connectivity index (χ0) is 19.3. The van der Waals surface area contributed by atoms with Crippen LogP contribution in [0.4, 0.5) is 0 Å². The monoisotopic (exact) mass is 386 g/mol. The molecule has 0 unspecified atom stereocenters. The normalized spacial score (nSPS) is 18.4. The van der Waals surface area contributed by atoms with Gasteiger partial charge in [-0.3, -0.25) is 9.69 Å². The molecule has 1 atom stereocenters. The third kappa shape index (κ3) is 6.45. The highest BCUT2D eigenvalue weighted by atomic mass is 32.1. The highest BCUT2D eigenvalue weighted by Crippen LogP contribution is 2.18. The van der Waals surface area contributed by atoms with Crippen molar-refractivity contribution in [3.63, 3.8) is 0 Å². The second-order valence-electron chi connectivity index (χ2n) is 8.14. The third-order valence-corrected chi connectivity index (χ3v) is 5.90. The Kier molecular flexibility index (Phi) is 6.68. The van der Waals surface area contributed by atoms with Gasteiger partial charge >= 0.3 is 0 Å². The molecule has 1 aliphatic rings. The number of nitrogens with zero attached hydrogens (tertiary/aromatic N) is 1. The van der Waals surface area contributed by atoms with E-state index in [0.29, 0.717) is 12.0 Å². The largest absolute Gasteiger partial charge is 0.390 e. The van der Waals surface area contributed by atoms with E-state index in [4.69, 9.17) is 0 Å². The summed E-state index contributed by atoms with van der Waals surface area (Å²) in [4.78, 5) is 16.4. The molecule has 1 aromatic heterocycles. The molecule has 0 aliphatic carbocycles. The molecule has 1 aliphatic heterocycles. The van der Waals surface area contributed by atoms with E-state index in [-0.39, 0.29) is 11.9 Å². The van der Waals surface area contributed by atoms with E-state index in [1.165, 1.54) is 4.88 Å². The highest BCUT2D eigenvalue weighted by Gasteiger charge is 2.22. The van der Waals surface area contributed by atoms with E-state index in [2.05, 4.69) is 27.7 Å². The minimum Gasteiger partial charge on any atom is -0.390 e. The lowest BCUT2D eigenvalue weighted by molar-refractivity contribution is 0.0713. The fourth-order valence-electron chi connectivity index (χ4n) is 3.48. The van der Waals surface area contributed by atoms with Crippen molar-refractivity contribution in [2.24, 2.45) is 0 Å². The first-order valence-electron chi connectivity index (χ1n) is 9.76. The Hall–Kier alpha value is -1.69. The minimum atomic E-state index is -0.661. The van der Waals surface area contributed by atoms with Gasteiger partial charge in [0, 0.05) is 29.6 Å². The van der Waals surface area contributed by atoms with Crippen LogP contribution in [0.1, 0.15) is 53.9 Å². The molecule has 146 valence electrons. The number of hydrogen-bond acceptors (Lipinski definition) is 4. The first-order chi connectivity index (χ1) is 12.9. The summed E-state index contributed by atoms with van der Waals surface area (Å²) in [7, 11) is 0. The molecule has 1 fully saturated rings. The van der Waals surface area contributed by atoms with Crippen LogP contribution in [0.2, 0.25) is 0 Å². The summed E-state index contributed by atoms with van der Waals surface area (Å²) in [5, 5.41) is 15.2. The maximum atomic E-state index is 12.6. The molecule has 0 bridgehead atoms. The van der Waals surface area contributed by atoms with Crippen LogP contribution in [0.15, 0.2) is 41.8 Å². The van der Waals surface area contributed by atoms with Crippen LogP contribution >= 0.6 is 11.3 Å². The number of benzene rings is 1. The lowest BCUT2D eigenvalue weighted by atomic mass is 9.98. The lowest BCUT2D eigenvalue weighted by Gasteiger charge is -2.32. The number of piperidine rings is 1. The summed E-state index contributed by atoms with van der Waals surface area (Å²) in [5.41, 5.74) is 1.19. The Balaban J connectivity index is 1.50. The fraction of sp³-hybridized carbons (Fsp3) is 0.500. The van der Waals surface area contributed by atoms with Crippen molar-refractivity contribution in [3.8, 4) is 0 Å². The molecule has 2 N–H and O–H groups in total. The molecule has 5 heteroatoms. The first-order valence-corrected chi connectivity index (χ1v) is 10.6. The van der Waals surface area contributed by atoms with E-state index in [0.717, 1.165) is 44.5 Å². The van der Waals surface area contributed by atoms with Gasteiger partial charge in [-0.15, -0.1) is 11.3 Å². The minimum absolute atomic E-state index is 0.00649. The van der Waals surface area contributed by atoms with Gasteiger partial charge in [0.05, 0.1) is 5.60 Å². The van der Waals surface area contributed by atoms with Crippen LogP contribution in [0, 0.1) is 0 Å². The topological polar surface area (TPSA) is 52.6 Å². The van der Waals surface area contributed by atoms with Gasteiger partial charge in [0.25, 0.3) is 5.91 Å². The zero-order valence-electron chi connectivity index (χ0n) is 16.3. The number of aryl methyl sites for hydroxylation is 1. The molecule has 0 spiro atoms. The van der Waals surface area contributed by atoms with Crippen LogP contribution in [0.3, 0.4) is 0 Å².